The van der Waals surface area contributed by atoms with Gasteiger partial charge >= 0.3 is 5.97 Å². The Balaban J connectivity index is 1.89. The molecule has 2 aromatic carbocycles. The highest BCUT2D eigenvalue weighted by molar-refractivity contribution is 6.12. The van der Waals surface area contributed by atoms with Gasteiger partial charge in [0.05, 0.1) is 19.3 Å². The second kappa shape index (κ2) is 7.82. The predicted molar refractivity (Wildman–Crippen MR) is 95.8 cm³/mol. The standard InChI is InChI=1S/C20H18FNO4/c1-3-10-25-17-9-8-13(12-18(17)24-2)11-16-20(23)26-19(22-16)14-6-4-5-7-15(14)21/h4-9,11-12H,3,10H2,1-2H3/b16-11-. The number of nitrogens with zero attached hydrogens (tertiary/aromatic N) is 1. The summed E-state index contributed by atoms with van der Waals surface area (Å²) in [7, 11) is 1.54. The van der Waals surface area contributed by atoms with Crippen LogP contribution in [0.25, 0.3) is 6.08 Å². The minimum atomic E-state index is -0.631. The number of carbonyl (C=O) groups excluding carboxylic acids is 1. The summed E-state index contributed by atoms with van der Waals surface area (Å²) in [5.74, 6) is 0.000607. The summed E-state index contributed by atoms with van der Waals surface area (Å²) in [6, 6.07) is 11.3. The minimum Gasteiger partial charge on any atom is -0.493 e. The third-order valence-electron chi connectivity index (χ3n) is 3.68. The van der Waals surface area contributed by atoms with E-state index < -0.39 is 11.8 Å². The molecule has 1 aliphatic heterocycles. The van der Waals surface area contributed by atoms with E-state index >= 15 is 0 Å². The summed E-state index contributed by atoms with van der Waals surface area (Å²) in [5.41, 5.74) is 0.925. The molecule has 1 heterocycles. The lowest BCUT2D eigenvalue weighted by Crippen LogP contribution is -2.07. The van der Waals surface area contributed by atoms with Crippen molar-refractivity contribution in [3.8, 4) is 11.5 Å². The number of halogens is 1. The zero-order valence-corrected chi connectivity index (χ0v) is 14.5. The van der Waals surface area contributed by atoms with E-state index in [1.807, 2.05) is 6.92 Å². The summed E-state index contributed by atoms with van der Waals surface area (Å²) < 4.78 is 29.9. The van der Waals surface area contributed by atoms with Crippen molar-refractivity contribution in [2.75, 3.05) is 13.7 Å². The highest BCUT2D eigenvalue weighted by atomic mass is 19.1. The van der Waals surface area contributed by atoms with E-state index in [1.165, 1.54) is 12.1 Å². The van der Waals surface area contributed by atoms with Gasteiger partial charge in [0, 0.05) is 0 Å². The highest BCUT2D eigenvalue weighted by Gasteiger charge is 2.26. The van der Waals surface area contributed by atoms with Crippen LogP contribution in [0, 0.1) is 5.82 Å². The van der Waals surface area contributed by atoms with Crippen LogP contribution >= 0.6 is 0 Å². The number of methoxy groups -OCH3 is 1. The van der Waals surface area contributed by atoms with Crippen molar-refractivity contribution in [2.45, 2.75) is 13.3 Å². The van der Waals surface area contributed by atoms with Crippen molar-refractivity contribution in [3.05, 3.63) is 65.1 Å². The number of benzene rings is 2. The Bertz CT molecular complexity index is 889. The summed E-state index contributed by atoms with van der Waals surface area (Å²) in [6.45, 7) is 2.60. The van der Waals surface area contributed by atoms with E-state index in [0.717, 1.165) is 6.42 Å². The number of rotatable bonds is 6. The van der Waals surface area contributed by atoms with Gasteiger partial charge in [-0.05, 0) is 42.3 Å². The molecule has 0 amide bonds. The molecule has 0 aromatic heterocycles. The molecule has 5 nitrogen and oxygen atoms in total. The summed E-state index contributed by atoms with van der Waals surface area (Å²) >= 11 is 0. The van der Waals surface area contributed by atoms with Crippen LogP contribution in [0.15, 0.2) is 53.2 Å². The van der Waals surface area contributed by atoms with Crippen molar-refractivity contribution in [1.82, 2.24) is 0 Å². The van der Waals surface area contributed by atoms with Gasteiger partial charge in [-0.3, -0.25) is 0 Å². The van der Waals surface area contributed by atoms with Gasteiger partial charge in [-0.25, -0.2) is 14.2 Å². The van der Waals surface area contributed by atoms with Crippen molar-refractivity contribution in [2.24, 2.45) is 4.99 Å². The number of hydrogen-bond donors (Lipinski definition) is 0. The van der Waals surface area contributed by atoms with E-state index in [9.17, 15) is 9.18 Å². The molecule has 0 atom stereocenters. The van der Waals surface area contributed by atoms with Crippen molar-refractivity contribution < 1.29 is 23.4 Å². The summed E-state index contributed by atoms with van der Waals surface area (Å²) in [6.07, 6.45) is 2.44. The number of aliphatic imine (C=N–C) groups is 1. The first kappa shape index (κ1) is 17.7. The van der Waals surface area contributed by atoms with Gasteiger partial charge < -0.3 is 14.2 Å². The smallest absolute Gasteiger partial charge is 0.363 e. The number of esters is 1. The molecule has 3 rings (SSSR count). The molecule has 26 heavy (non-hydrogen) atoms. The first-order valence-corrected chi connectivity index (χ1v) is 8.20. The van der Waals surface area contributed by atoms with E-state index in [4.69, 9.17) is 14.2 Å². The summed E-state index contributed by atoms with van der Waals surface area (Å²) in [5, 5.41) is 0. The lowest BCUT2D eigenvalue weighted by Gasteiger charge is -2.10. The largest absolute Gasteiger partial charge is 0.493 e. The zero-order chi connectivity index (χ0) is 18.5. The molecule has 0 saturated heterocycles. The maximum Gasteiger partial charge on any atom is 0.363 e. The highest BCUT2D eigenvalue weighted by Crippen LogP contribution is 2.30. The van der Waals surface area contributed by atoms with Crippen molar-refractivity contribution in [3.63, 3.8) is 0 Å². The normalized spacial score (nSPS) is 15.0. The fourth-order valence-electron chi connectivity index (χ4n) is 2.42. The molecular weight excluding hydrogens is 337 g/mol. The molecule has 0 fully saturated rings. The van der Waals surface area contributed by atoms with Gasteiger partial charge in [-0.15, -0.1) is 0 Å². The molecule has 0 bridgehead atoms. The maximum absolute atomic E-state index is 13.8. The van der Waals surface area contributed by atoms with Gasteiger partial charge in [0.2, 0.25) is 5.90 Å². The molecule has 0 saturated carbocycles. The van der Waals surface area contributed by atoms with Crippen LogP contribution in [0.2, 0.25) is 0 Å². The zero-order valence-electron chi connectivity index (χ0n) is 14.5. The van der Waals surface area contributed by atoms with E-state index in [-0.39, 0.29) is 17.2 Å². The second-order valence-electron chi connectivity index (χ2n) is 5.57. The SMILES string of the molecule is CCCOc1ccc(/C=C2\N=C(c3ccccc3F)OC2=O)cc1OC. The fourth-order valence-corrected chi connectivity index (χ4v) is 2.42. The van der Waals surface area contributed by atoms with Crippen LogP contribution < -0.4 is 9.47 Å². The van der Waals surface area contributed by atoms with Gasteiger partial charge in [-0.1, -0.05) is 25.1 Å². The number of carbonyl (C=O) groups is 1. The molecule has 0 unspecified atom stereocenters. The van der Waals surface area contributed by atoms with Crippen LogP contribution in [0.3, 0.4) is 0 Å². The molecule has 0 aliphatic carbocycles. The van der Waals surface area contributed by atoms with Crippen LogP contribution in [0.4, 0.5) is 4.39 Å². The Morgan fingerprint density at radius 1 is 1.19 bits per heavy atom. The summed E-state index contributed by atoms with van der Waals surface area (Å²) in [4.78, 5) is 16.2. The second-order valence-corrected chi connectivity index (χ2v) is 5.57. The number of ether oxygens (including phenoxy) is 3. The van der Waals surface area contributed by atoms with Crippen LogP contribution in [-0.2, 0) is 9.53 Å². The molecule has 0 radical (unpaired) electrons. The lowest BCUT2D eigenvalue weighted by molar-refractivity contribution is -0.129. The Hall–Kier alpha value is -3.15. The Kier molecular flexibility index (Phi) is 5.31. The molecule has 134 valence electrons. The first-order valence-electron chi connectivity index (χ1n) is 8.20. The quantitative estimate of drug-likeness (QED) is 0.581. The minimum absolute atomic E-state index is 0.0470. The fraction of sp³-hybridized carbons (Fsp3) is 0.200. The first-order chi connectivity index (χ1) is 12.6. The molecule has 1 aliphatic rings. The Labute approximate surface area is 150 Å². The van der Waals surface area contributed by atoms with Gasteiger partial charge in [-0.2, -0.15) is 0 Å². The predicted octanol–water partition coefficient (Wildman–Crippen LogP) is 3.97. The third-order valence-corrected chi connectivity index (χ3v) is 3.68. The lowest BCUT2D eigenvalue weighted by atomic mass is 10.1. The third kappa shape index (κ3) is 3.74. The monoisotopic (exact) mass is 355 g/mol. The van der Waals surface area contributed by atoms with E-state index in [1.54, 1.807) is 43.5 Å². The topological polar surface area (TPSA) is 57.1 Å². The molecular formula is C20H18FNO4. The van der Waals surface area contributed by atoms with E-state index in [0.29, 0.717) is 23.7 Å². The molecule has 6 heteroatoms. The van der Waals surface area contributed by atoms with Gasteiger partial charge in [0.1, 0.15) is 5.82 Å². The van der Waals surface area contributed by atoms with Gasteiger partial charge in [0.15, 0.2) is 17.2 Å². The number of hydrogen-bond acceptors (Lipinski definition) is 5. The average molecular weight is 355 g/mol. The Morgan fingerprint density at radius 3 is 2.73 bits per heavy atom. The van der Waals surface area contributed by atoms with Gasteiger partial charge in [0.25, 0.3) is 0 Å². The van der Waals surface area contributed by atoms with Crippen LogP contribution in [0.5, 0.6) is 11.5 Å². The van der Waals surface area contributed by atoms with Crippen LogP contribution in [0.1, 0.15) is 24.5 Å². The molecule has 2 aromatic rings. The van der Waals surface area contributed by atoms with Crippen molar-refractivity contribution in [1.29, 1.82) is 0 Å². The maximum atomic E-state index is 13.8. The molecule has 0 spiro atoms. The van der Waals surface area contributed by atoms with E-state index in [2.05, 4.69) is 4.99 Å². The van der Waals surface area contributed by atoms with Crippen molar-refractivity contribution >= 4 is 17.9 Å². The number of cyclic esters (lactones) is 1. The average Bonchev–Trinajstić information content (AvgIpc) is 3.01. The molecule has 0 N–H and O–H groups in total. The Morgan fingerprint density at radius 2 is 2.00 bits per heavy atom. The van der Waals surface area contributed by atoms with Crippen LogP contribution in [-0.4, -0.2) is 25.6 Å².